The Morgan fingerprint density at radius 1 is 0.857 bits per heavy atom. The zero-order valence-electron chi connectivity index (χ0n) is 20.0. The van der Waals surface area contributed by atoms with Crippen LogP contribution >= 0.6 is 0 Å². The van der Waals surface area contributed by atoms with Gasteiger partial charge in [0.15, 0.2) is 0 Å². The van der Waals surface area contributed by atoms with Crippen molar-refractivity contribution in [3.63, 3.8) is 0 Å². The minimum Gasteiger partial charge on any atom is -0.481 e. The fourth-order valence-electron chi connectivity index (χ4n) is 4.34. The molecule has 5 rings (SSSR count). The molecule has 1 aliphatic rings. The molecule has 0 aliphatic carbocycles. The van der Waals surface area contributed by atoms with E-state index in [1.54, 1.807) is 6.20 Å². The summed E-state index contributed by atoms with van der Waals surface area (Å²) in [6.07, 6.45) is 5.81. The monoisotopic (exact) mass is 470 g/mol. The number of hydrogen-bond donors (Lipinski definition) is 0. The SMILES string of the molecule is CCn1cc(CN2CCN(c3cnn(-c4ccccc4)c(=O)c3OCc3ccccc3)CC2)cn1. The topological polar surface area (TPSA) is 68.4 Å². The number of nitrogens with zero attached hydrogens (tertiary/aromatic N) is 6. The average molecular weight is 471 g/mol. The molecule has 0 spiro atoms. The maximum absolute atomic E-state index is 13.5. The van der Waals surface area contributed by atoms with Crippen LogP contribution in [-0.4, -0.2) is 50.6 Å². The predicted octanol–water partition coefficient (Wildman–Crippen LogP) is 3.35. The third-order valence-electron chi connectivity index (χ3n) is 6.27. The molecule has 0 N–H and O–H groups in total. The van der Waals surface area contributed by atoms with E-state index in [9.17, 15) is 4.79 Å². The lowest BCUT2D eigenvalue weighted by molar-refractivity contribution is 0.247. The molecule has 0 amide bonds. The Bertz CT molecular complexity index is 1290. The molecule has 0 radical (unpaired) electrons. The van der Waals surface area contributed by atoms with Crippen molar-refractivity contribution in [3.8, 4) is 11.4 Å². The molecular weight excluding hydrogens is 440 g/mol. The van der Waals surface area contributed by atoms with Crippen LogP contribution in [0.25, 0.3) is 5.69 Å². The predicted molar refractivity (Wildman–Crippen MR) is 136 cm³/mol. The highest BCUT2D eigenvalue weighted by molar-refractivity contribution is 5.57. The molecule has 1 fully saturated rings. The smallest absolute Gasteiger partial charge is 0.316 e. The Hall–Kier alpha value is -3.91. The first kappa shape index (κ1) is 22.9. The van der Waals surface area contributed by atoms with Gasteiger partial charge >= 0.3 is 5.56 Å². The van der Waals surface area contributed by atoms with Crippen molar-refractivity contribution in [2.75, 3.05) is 31.1 Å². The summed E-state index contributed by atoms with van der Waals surface area (Å²) >= 11 is 0. The van der Waals surface area contributed by atoms with Crippen molar-refractivity contribution in [1.29, 1.82) is 0 Å². The van der Waals surface area contributed by atoms with Gasteiger partial charge < -0.3 is 9.64 Å². The van der Waals surface area contributed by atoms with Crippen LogP contribution in [0, 0.1) is 0 Å². The van der Waals surface area contributed by atoms with Gasteiger partial charge in [0.1, 0.15) is 12.3 Å². The summed E-state index contributed by atoms with van der Waals surface area (Å²) in [5.41, 5.74) is 3.44. The van der Waals surface area contributed by atoms with Gasteiger partial charge in [-0.1, -0.05) is 48.5 Å². The number of para-hydroxylation sites is 1. The summed E-state index contributed by atoms with van der Waals surface area (Å²) in [5.74, 6) is 0.338. The van der Waals surface area contributed by atoms with Crippen molar-refractivity contribution in [1.82, 2.24) is 24.5 Å². The number of ether oxygens (including phenoxy) is 1. The van der Waals surface area contributed by atoms with Crippen LogP contribution < -0.4 is 15.2 Å². The van der Waals surface area contributed by atoms with Gasteiger partial charge in [-0.15, -0.1) is 0 Å². The number of hydrogen-bond acceptors (Lipinski definition) is 6. The first-order valence-electron chi connectivity index (χ1n) is 12.0. The quantitative estimate of drug-likeness (QED) is 0.393. The minimum absolute atomic E-state index is 0.251. The molecule has 0 bridgehead atoms. The largest absolute Gasteiger partial charge is 0.481 e. The lowest BCUT2D eigenvalue weighted by atomic mass is 10.2. The van der Waals surface area contributed by atoms with Gasteiger partial charge in [-0.2, -0.15) is 14.9 Å². The van der Waals surface area contributed by atoms with E-state index in [4.69, 9.17) is 4.74 Å². The van der Waals surface area contributed by atoms with Crippen molar-refractivity contribution in [2.24, 2.45) is 0 Å². The molecule has 2 aromatic heterocycles. The molecule has 1 aliphatic heterocycles. The molecule has 3 heterocycles. The van der Waals surface area contributed by atoms with Crippen LogP contribution in [0.2, 0.25) is 0 Å². The first-order chi connectivity index (χ1) is 17.2. The van der Waals surface area contributed by atoms with E-state index in [1.807, 2.05) is 71.5 Å². The normalized spacial score (nSPS) is 14.3. The number of aryl methyl sites for hydroxylation is 1. The zero-order valence-corrected chi connectivity index (χ0v) is 20.0. The van der Waals surface area contributed by atoms with Crippen molar-refractivity contribution in [3.05, 3.63) is 101 Å². The highest BCUT2D eigenvalue weighted by Crippen LogP contribution is 2.26. The van der Waals surface area contributed by atoms with Crippen LogP contribution in [-0.2, 0) is 19.7 Å². The molecule has 180 valence electrons. The summed E-state index contributed by atoms with van der Waals surface area (Å²) in [7, 11) is 0. The second-order valence-electron chi connectivity index (χ2n) is 8.65. The molecule has 1 saturated heterocycles. The second-order valence-corrected chi connectivity index (χ2v) is 8.65. The van der Waals surface area contributed by atoms with Gasteiger partial charge in [0.25, 0.3) is 0 Å². The Morgan fingerprint density at radius 3 is 2.26 bits per heavy atom. The Balaban J connectivity index is 1.36. The number of benzene rings is 2. The Labute approximate surface area is 205 Å². The zero-order chi connectivity index (χ0) is 24.0. The summed E-state index contributed by atoms with van der Waals surface area (Å²) in [6.45, 7) is 7.52. The second kappa shape index (κ2) is 10.6. The van der Waals surface area contributed by atoms with Gasteiger partial charge in [-0.25, -0.2) is 0 Å². The van der Waals surface area contributed by atoms with Crippen LogP contribution in [0.5, 0.6) is 5.75 Å². The lowest BCUT2D eigenvalue weighted by Crippen LogP contribution is -2.46. The highest BCUT2D eigenvalue weighted by atomic mass is 16.5. The van der Waals surface area contributed by atoms with E-state index in [0.29, 0.717) is 18.0 Å². The maximum Gasteiger partial charge on any atom is 0.316 e. The van der Waals surface area contributed by atoms with E-state index in [1.165, 1.54) is 10.2 Å². The van der Waals surface area contributed by atoms with Crippen LogP contribution in [0.3, 0.4) is 0 Å². The van der Waals surface area contributed by atoms with Crippen LogP contribution in [0.4, 0.5) is 5.69 Å². The highest BCUT2D eigenvalue weighted by Gasteiger charge is 2.24. The fourth-order valence-corrected chi connectivity index (χ4v) is 4.34. The van der Waals surface area contributed by atoms with Crippen molar-refractivity contribution in [2.45, 2.75) is 26.6 Å². The van der Waals surface area contributed by atoms with Gasteiger partial charge in [-0.05, 0) is 24.6 Å². The number of rotatable bonds is 8. The van der Waals surface area contributed by atoms with E-state index >= 15 is 0 Å². The van der Waals surface area contributed by atoms with E-state index < -0.39 is 0 Å². The lowest BCUT2D eigenvalue weighted by Gasteiger charge is -2.36. The maximum atomic E-state index is 13.5. The average Bonchev–Trinajstić information content (AvgIpc) is 3.37. The third-order valence-corrected chi connectivity index (χ3v) is 6.27. The Morgan fingerprint density at radius 2 is 1.57 bits per heavy atom. The minimum atomic E-state index is -0.251. The van der Waals surface area contributed by atoms with Crippen LogP contribution in [0.1, 0.15) is 18.1 Å². The van der Waals surface area contributed by atoms with Gasteiger partial charge in [0, 0.05) is 51.0 Å². The van der Waals surface area contributed by atoms with E-state index in [0.717, 1.165) is 50.5 Å². The van der Waals surface area contributed by atoms with Gasteiger partial charge in [0.2, 0.25) is 5.75 Å². The van der Waals surface area contributed by atoms with Crippen molar-refractivity contribution >= 4 is 5.69 Å². The molecule has 0 saturated carbocycles. The molecule has 35 heavy (non-hydrogen) atoms. The van der Waals surface area contributed by atoms with E-state index in [2.05, 4.69) is 33.1 Å². The molecule has 4 aromatic rings. The van der Waals surface area contributed by atoms with E-state index in [-0.39, 0.29) is 5.56 Å². The molecule has 8 nitrogen and oxygen atoms in total. The summed E-state index contributed by atoms with van der Waals surface area (Å²) in [6, 6.07) is 19.3. The number of piperazine rings is 1. The first-order valence-corrected chi connectivity index (χ1v) is 12.0. The Kier molecular flexibility index (Phi) is 6.90. The number of anilines is 1. The molecule has 8 heteroatoms. The standard InChI is InChI=1S/C27H30N6O2/c1-2-32-20-23(17-28-32)19-30-13-15-31(16-14-30)25-18-29-33(24-11-7-4-8-12-24)27(34)26(25)35-21-22-9-5-3-6-10-22/h3-12,17-18,20H,2,13-16,19,21H2,1H3. The molecule has 2 aromatic carbocycles. The van der Waals surface area contributed by atoms with Crippen LogP contribution in [0.15, 0.2) is 84.0 Å². The molecular formula is C27H30N6O2. The number of aromatic nitrogens is 4. The molecule has 0 atom stereocenters. The van der Waals surface area contributed by atoms with Crippen molar-refractivity contribution < 1.29 is 4.74 Å². The molecule has 0 unspecified atom stereocenters. The summed E-state index contributed by atoms with van der Waals surface area (Å²) in [4.78, 5) is 18.1. The van der Waals surface area contributed by atoms with Gasteiger partial charge in [0.05, 0.1) is 18.1 Å². The van der Waals surface area contributed by atoms with Gasteiger partial charge in [-0.3, -0.25) is 14.4 Å². The summed E-state index contributed by atoms with van der Waals surface area (Å²) < 4.78 is 9.53. The fraction of sp³-hybridized carbons (Fsp3) is 0.296. The summed E-state index contributed by atoms with van der Waals surface area (Å²) in [5, 5.41) is 8.88. The third kappa shape index (κ3) is 5.27.